The second-order valence-electron chi connectivity index (χ2n) is 6.78. The highest BCUT2D eigenvalue weighted by Crippen LogP contribution is 2.36. The van der Waals surface area contributed by atoms with Crippen LogP contribution in [0.25, 0.3) is 0 Å². The molecular formula is C18H27FN2. The van der Waals surface area contributed by atoms with Gasteiger partial charge in [0, 0.05) is 19.1 Å². The number of hydrogen-bond acceptors (Lipinski definition) is 2. The van der Waals surface area contributed by atoms with Crippen LogP contribution in [0.2, 0.25) is 0 Å². The van der Waals surface area contributed by atoms with E-state index in [1.165, 1.54) is 25.7 Å². The van der Waals surface area contributed by atoms with Crippen LogP contribution in [0.4, 0.5) is 10.1 Å². The molecule has 0 spiro atoms. The van der Waals surface area contributed by atoms with Crippen LogP contribution in [0.15, 0.2) is 18.2 Å². The van der Waals surface area contributed by atoms with E-state index in [2.05, 4.69) is 30.1 Å². The Labute approximate surface area is 127 Å². The van der Waals surface area contributed by atoms with Gasteiger partial charge in [0.1, 0.15) is 5.82 Å². The number of nitrogens with one attached hydrogen (secondary N) is 1. The molecule has 0 bridgehead atoms. The van der Waals surface area contributed by atoms with Crippen LogP contribution in [0.5, 0.6) is 0 Å². The van der Waals surface area contributed by atoms with Gasteiger partial charge in [-0.1, -0.05) is 13.0 Å². The monoisotopic (exact) mass is 290 g/mol. The van der Waals surface area contributed by atoms with Gasteiger partial charge in [0.15, 0.2) is 0 Å². The van der Waals surface area contributed by atoms with Gasteiger partial charge in [0.05, 0.1) is 5.69 Å². The van der Waals surface area contributed by atoms with Crippen molar-refractivity contribution >= 4 is 5.69 Å². The van der Waals surface area contributed by atoms with Crippen molar-refractivity contribution in [2.24, 2.45) is 11.8 Å². The molecule has 0 aromatic heterocycles. The maximum absolute atomic E-state index is 14.6. The Morgan fingerprint density at radius 1 is 1.19 bits per heavy atom. The zero-order chi connectivity index (χ0) is 14.8. The van der Waals surface area contributed by atoms with E-state index in [0.717, 1.165) is 42.7 Å². The molecule has 2 fully saturated rings. The van der Waals surface area contributed by atoms with Gasteiger partial charge in [0.25, 0.3) is 0 Å². The average Bonchev–Trinajstić information content (AvgIpc) is 3.34. The second kappa shape index (κ2) is 6.35. The number of benzene rings is 1. The first-order valence-corrected chi connectivity index (χ1v) is 8.45. The predicted octanol–water partition coefficient (Wildman–Crippen LogP) is 4.12. The van der Waals surface area contributed by atoms with Crippen LogP contribution in [-0.4, -0.2) is 19.6 Å². The van der Waals surface area contributed by atoms with Crippen LogP contribution >= 0.6 is 0 Å². The van der Waals surface area contributed by atoms with Gasteiger partial charge in [-0.15, -0.1) is 0 Å². The summed E-state index contributed by atoms with van der Waals surface area (Å²) in [4.78, 5) is 2.30. The maximum Gasteiger partial charge on any atom is 0.146 e. The van der Waals surface area contributed by atoms with E-state index in [1.54, 1.807) is 6.07 Å². The normalized spacial score (nSPS) is 19.6. The van der Waals surface area contributed by atoms with Gasteiger partial charge >= 0.3 is 0 Å². The molecule has 0 amide bonds. The Morgan fingerprint density at radius 2 is 1.81 bits per heavy atom. The van der Waals surface area contributed by atoms with Crippen molar-refractivity contribution in [3.8, 4) is 0 Å². The molecular weight excluding hydrogens is 263 g/mol. The summed E-state index contributed by atoms with van der Waals surface area (Å²) in [7, 11) is 0. The lowest BCUT2D eigenvalue weighted by Crippen LogP contribution is -2.29. The average molecular weight is 290 g/mol. The number of rotatable bonds is 8. The number of anilines is 1. The fraction of sp³-hybridized carbons (Fsp3) is 0.667. The molecule has 1 unspecified atom stereocenters. The SMILES string of the molecule is CCNC(C)c1ccc(N(CC2CC2)CC2CC2)c(F)c1. The first kappa shape index (κ1) is 14.8. The molecule has 1 atom stereocenters. The third-order valence-electron chi connectivity index (χ3n) is 4.67. The fourth-order valence-electron chi connectivity index (χ4n) is 2.97. The minimum atomic E-state index is -0.0569. The van der Waals surface area contributed by atoms with Crippen molar-refractivity contribution in [2.75, 3.05) is 24.5 Å². The van der Waals surface area contributed by atoms with Crippen molar-refractivity contribution < 1.29 is 4.39 Å². The van der Waals surface area contributed by atoms with E-state index in [-0.39, 0.29) is 11.9 Å². The maximum atomic E-state index is 14.6. The molecule has 116 valence electrons. The highest BCUT2D eigenvalue weighted by molar-refractivity contribution is 5.50. The summed E-state index contributed by atoms with van der Waals surface area (Å²) >= 11 is 0. The van der Waals surface area contributed by atoms with Crippen molar-refractivity contribution in [3.05, 3.63) is 29.6 Å². The molecule has 21 heavy (non-hydrogen) atoms. The van der Waals surface area contributed by atoms with Gasteiger partial charge < -0.3 is 10.2 Å². The van der Waals surface area contributed by atoms with Crippen LogP contribution in [-0.2, 0) is 0 Å². The van der Waals surface area contributed by atoms with Crippen molar-refractivity contribution in [1.29, 1.82) is 0 Å². The third-order valence-corrected chi connectivity index (χ3v) is 4.67. The standard InChI is InChI=1S/C18H27FN2/c1-3-20-13(2)16-8-9-18(17(19)10-16)21(11-14-4-5-14)12-15-6-7-15/h8-10,13-15,20H,3-7,11-12H2,1-2H3. The van der Waals surface area contributed by atoms with Gasteiger partial charge in [-0.2, -0.15) is 0 Å². The molecule has 0 heterocycles. The van der Waals surface area contributed by atoms with Crippen LogP contribution in [0.1, 0.15) is 51.1 Å². The molecule has 1 N–H and O–H groups in total. The van der Waals surface area contributed by atoms with Crippen molar-refractivity contribution in [2.45, 2.75) is 45.6 Å². The van der Waals surface area contributed by atoms with E-state index >= 15 is 0 Å². The van der Waals surface area contributed by atoms with E-state index < -0.39 is 0 Å². The van der Waals surface area contributed by atoms with E-state index in [9.17, 15) is 4.39 Å². The summed E-state index contributed by atoms with van der Waals surface area (Å²) in [5, 5.41) is 3.34. The summed E-state index contributed by atoms with van der Waals surface area (Å²) in [6, 6.07) is 6.00. The minimum Gasteiger partial charge on any atom is -0.369 e. The van der Waals surface area contributed by atoms with E-state index in [1.807, 2.05) is 6.07 Å². The second-order valence-corrected chi connectivity index (χ2v) is 6.78. The molecule has 0 radical (unpaired) electrons. The molecule has 2 aliphatic carbocycles. The molecule has 3 heteroatoms. The van der Waals surface area contributed by atoms with Gasteiger partial charge in [-0.3, -0.25) is 0 Å². The number of hydrogen-bond donors (Lipinski definition) is 1. The lowest BCUT2D eigenvalue weighted by molar-refractivity contribution is 0.576. The molecule has 2 nitrogen and oxygen atoms in total. The van der Waals surface area contributed by atoms with Gasteiger partial charge in [0.2, 0.25) is 0 Å². The molecule has 0 aliphatic heterocycles. The predicted molar refractivity (Wildman–Crippen MR) is 86.2 cm³/mol. The Bertz CT molecular complexity index is 466. The zero-order valence-electron chi connectivity index (χ0n) is 13.2. The first-order valence-electron chi connectivity index (χ1n) is 8.45. The first-order chi connectivity index (χ1) is 10.2. The molecule has 1 aromatic rings. The Morgan fingerprint density at radius 3 is 2.29 bits per heavy atom. The summed E-state index contributed by atoms with van der Waals surface area (Å²) in [5.74, 6) is 1.53. The smallest absolute Gasteiger partial charge is 0.146 e. The molecule has 3 rings (SSSR count). The molecule has 2 aliphatic rings. The largest absolute Gasteiger partial charge is 0.369 e. The highest BCUT2D eigenvalue weighted by atomic mass is 19.1. The van der Waals surface area contributed by atoms with Crippen LogP contribution in [0, 0.1) is 17.7 Å². The van der Waals surface area contributed by atoms with E-state index in [0.29, 0.717) is 0 Å². The lowest BCUT2D eigenvalue weighted by atomic mass is 10.1. The van der Waals surface area contributed by atoms with E-state index in [4.69, 9.17) is 0 Å². The van der Waals surface area contributed by atoms with Crippen LogP contribution in [0.3, 0.4) is 0 Å². The Hall–Kier alpha value is -1.09. The van der Waals surface area contributed by atoms with Crippen LogP contribution < -0.4 is 10.2 Å². The highest BCUT2D eigenvalue weighted by Gasteiger charge is 2.30. The van der Waals surface area contributed by atoms with Crippen molar-refractivity contribution in [3.63, 3.8) is 0 Å². The van der Waals surface area contributed by atoms with Crippen molar-refractivity contribution in [1.82, 2.24) is 5.32 Å². The summed E-state index contributed by atoms with van der Waals surface area (Å²) < 4.78 is 14.6. The Balaban J connectivity index is 1.74. The summed E-state index contributed by atoms with van der Waals surface area (Å²) in [6.45, 7) is 7.14. The quantitative estimate of drug-likeness (QED) is 0.774. The third kappa shape index (κ3) is 3.97. The summed E-state index contributed by atoms with van der Waals surface area (Å²) in [6.07, 6.45) is 5.27. The molecule has 1 aromatic carbocycles. The fourth-order valence-corrected chi connectivity index (χ4v) is 2.97. The van der Waals surface area contributed by atoms with Gasteiger partial charge in [-0.05, 0) is 68.7 Å². The van der Waals surface area contributed by atoms with Gasteiger partial charge in [-0.25, -0.2) is 4.39 Å². The molecule has 2 saturated carbocycles. The lowest BCUT2D eigenvalue weighted by Gasteiger charge is -2.26. The zero-order valence-corrected chi connectivity index (χ0v) is 13.2. The Kier molecular flexibility index (Phi) is 4.48. The number of nitrogens with zero attached hydrogens (tertiary/aromatic N) is 1. The minimum absolute atomic E-state index is 0.0569. The molecule has 0 saturated heterocycles. The topological polar surface area (TPSA) is 15.3 Å². The summed E-state index contributed by atoms with van der Waals surface area (Å²) in [5.41, 5.74) is 1.84. The number of halogens is 1.